The second kappa shape index (κ2) is 9.95. The van der Waals surface area contributed by atoms with Crippen molar-refractivity contribution in [3.05, 3.63) is 76.0 Å². The van der Waals surface area contributed by atoms with Crippen molar-refractivity contribution in [1.29, 1.82) is 0 Å². The van der Waals surface area contributed by atoms with Crippen LogP contribution >= 0.6 is 11.8 Å². The van der Waals surface area contributed by atoms with Crippen LogP contribution in [0.25, 0.3) is 21.8 Å². The van der Waals surface area contributed by atoms with Crippen LogP contribution in [0.15, 0.2) is 42.1 Å². The summed E-state index contributed by atoms with van der Waals surface area (Å²) < 4.78 is 10.7. The molecule has 1 spiro atoms. The number of amides is 2. The number of aromatic hydroxyl groups is 2. The van der Waals surface area contributed by atoms with Crippen molar-refractivity contribution < 1.29 is 38.9 Å². The Bertz CT molecular complexity index is 2400. The van der Waals surface area contributed by atoms with Crippen molar-refractivity contribution in [2.45, 2.75) is 18.3 Å². The van der Waals surface area contributed by atoms with Crippen molar-refractivity contribution in [1.82, 2.24) is 19.9 Å². The van der Waals surface area contributed by atoms with Crippen molar-refractivity contribution in [2.24, 2.45) is 5.92 Å². The Morgan fingerprint density at radius 2 is 1.73 bits per heavy atom. The fraction of sp³-hybridized carbons (Fsp3) is 0.257. The van der Waals surface area contributed by atoms with E-state index in [1.54, 1.807) is 35.4 Å². The van der Waals surface area contributed by atoms with Gasteiger partial charge in [0.15, 0.2) is 23.0 Å². The van der Waals surface area contributed by atoms with Crippen LogP contribution in [0.3, 0.4) is 0 Å². The van der Waals surface area contributed by atoms with E-state index in [1.807, 2.05) is 0 Å². The molecule has 1 saturated carbocycles. The van der Waals surface area contributed by atoms with Crippen molar-refractivity contribution >= 4 is 62.0 Å². The van der Waals surface area contributed by atoms with Gasteiger partial charge in [-0.25, -0.2) is 0 Å². The highest BCUT2D eigenvalue weighted by Gasteiger charge is 2.68. The summed E-state index contributed by atoms with van der Waals surface area (Å²) in [5.74, 6) is -0.833. The molecule has 2 atom stereocenters. The van der Waals surface area contributed by atoms with Gasteiger partial charge in [-0.05, 0) is 60.4 Å². The van der Waals surface area contributed by atoms with E-state index in [2.05, 4.69) is 15.0 Å². The van der Waals surface area contributed by atoms with Gasteiger partial charge in [-0.1, -0.05) is 11.8 Å². The van der Waals surface area contributed by atoms with E-state index in [0.717, 1.165) is 18.2 Å². The molecular formula is C35H29N5O8S. The van der Waals surface area contributed by atoms with Crippen molar-refractivity contribution in [3.63, 3.8) is 0 Å². The first-order chi connectivity index (χ1) is 23.6. The number of methoxy groups -OCH3 is 2. The van der Waals surface area contributed by atoms with Gasteiger partial charge in [0.25, 0.3) is 11.8 Å². The highest BCUT2D eigenvalue weighted by molar-refractivity contribution is 8.13. The Labute approximate surface area is 281 Å². The van der Waals surface area contributed by atoms with Crippen LogP contribution < -0.4 is 14.4 Å². The largest absolute Gasteiger partial charge is 0.504 e. The summed E-state index contributed by atoms with van der Waals surface area (Å²) in [5.41, 5.74) is 3.98. The molecule has 1 saturated heterocycles. The number of nitrogens with zero attached hydrogens (tertiary/aromatic N) is 2. The van der Waals surface area contributed by atoms with Crippen LogP contribution in [0.1, 0.15) is 59.5 Å². The monoisotopic (exact) mass is 679 g/mol. The highest BCUT2D eigenvalue weighted by Crippen LogP contribution is 2.67. The number of piperidine rings is 1. The van der Waals surface area contributed by atoms with Crippen molar-refractivity contribution in [3.8, 4) is 23.0 Å². The van der Waals surface area contributed by atoms with Gasteiger partial charge in [0, 0.05) is 52.6 Å². The molecule has 3 aromatic heterocycles. The number of ketones is 1. The smallest absolute Gasteiger partial charge is 0.274 e. The van der Waals surface area contributed by atoms with E-state index in [9.17, 15) is 29.4 Å². The zero-order chi connectivity index (χ0) is 34.1. The number of carbonyl (C=O) groups excluding carboxylic acids is 4. The number of fused-ring (bicyclic) bond motifs is 5. The number of likely N-dealkylation sites (tertiary alicyclic amines) is 1. The maximum Gasteiger partial charge on any atom is 0.274 e. The van der Waals surface area contributed by atoms with Gasteiger partial charge < -0.3 is 44.4 Å². The van der Waals surface area contributed by atoms with Crippen LogP contribution in [-0.2, 0) is 11.8 Å². The molecule has 4 aliphatic rings. The molecule has 9 rings (SSSR count). The maximum atomic E-state index is 14.2. The summed E-state index contributed by atoms with van der Waals surface area (Å²) in [6.45, 7) is 0.683. The minimum atomic E-state index is -0.576. The average Bonchev–Trinajstić information content (AvgIpc) is 3.73. The number of aromatic nitrogens is 3. The SMILES string of the molecule is COc1cc2cc(C(=O)N3C[C@H]4C[C@@]45C3=CC(=O)c3[nH]c(C(=O)N4CCc6c4c(O)c(OC)c4[nH]c(C(=O)SC)cc64)cc35)[nH]c2cc1O. The molecule has 248 valence electrons. The molecular weight excluding hydrogens is 650 g/mol. The Balaban J connectivity index is 1.05. The average molecular weight is 680 g/mol. The lowest BCUT2D eigenvalue weighted by atomic mass is 9.85. The molecule has 49 heavy (non-hydrogen) atoms. The molecule has 5 N–H and O–H groups in total. The number of thioether (sulfide) groups is 1. The molecule has 0 radical (unpaired) electrons. The van der Waals surface area contributed by atoms with E-state index in [4.69, 9.17) is 9.47 Å². The third kappa shape index (κ3) is 3.82. The summed E-state index contributed by atoms with van der Waals surface area (Å²) in [6.07, 6.45) is 4.35. The lowest BCUT2D eigenvalue weighted by Gasteiger charge is -2.27. The van der Waals surface area contributed by atoms with Gasteiger partial charge in [-0.2, -0.15) is 0 Å². The van der Waals surface area contributed by atoms with E-state index < -0.39 is 11.3 Å². The third-order valence-corrected chi connectivity index (χ3v) is 11.1. The first-order valence-electron chi connectivity index (χ1n) is 15.7. The molecule has 2 aliphatic carbocycles. The summed E-state index contributed by atoms with van der Waals surface area (Å²) in [5, 5.41) is 22.8. The van der Waals surface area contributed by atoms with Gasteiger partial charge in [0.05, 0.1) is 36.8 Å². The molecule has 5 aromatic rings. The second-order valence-electron chi connectivity index (χ2n) is 12.8. The molecule has 5 heterocycles. The predicted octanol–water partition coefficient (Wildman–Crippen LogP) is 4.61. The number of ether oxygens (including phenoxy) is 2. The Morgan fingerprint density at radius 3 is 2.49 bits per heavy atom. The fourth-order valence-corrected chi connectivity index (χ4v) is 8.52. The zero-order valence-electron chi connectivity index (χ0n) is 26.5. The topological polar surface area (TPSA) is 181 Å². The first kappa shape index (κ1) is 29.5. The van der Waals surface area contributed by atoms with Crippen molar-refractivity contribution in [2.75, 3.05) is 38.5 Å². The number of hydrogen-bond donors (Lipinski definition) is 5. The van der Waals surface area contributed by atoms with Gasteiger partial charge in [0.1, 0.15) is 11.4 Å². The number of benzene rings is 2. The number of rotatable bonds is 5. The van der Waals surface area contributed by atoms with Gasteiger partial charge >= 0.3 is 0 Å². The second-order valence-corrected chi connectivity index (χ2v) is 13.6. The highest BCUT2D eigenvalue weighted by atomic mass is 32.2. The number of hydrogen-bond acceptors (Lipinski definition) is 9. The number of nitrogens with one attached hydrogen (secondary N) is 3. The van der Waals surface area contributed by atoms with Crippen LogP contribution in [-0.4, -0.2) is 86.3 Å². The number of anilines is 1. The number of allylic oxidation sites excluding steroid dienone is 2. The number of carbonyl (C=O) groups is 4. The minimum Gasteiger partial charge on any atom is -0.504 e. The first-order valence-corrected chi connectivity index (χ1v) is 16.9. The maximum absolute atomic E-state index is 14.2. The quantitative estimate of drug-likeness (QED) is 0.177. The third-order valence-electron chi connectivity index (χ3n) is 10.5. The Kier molecular flexibility index (Phi) is 5.99. The summed E-state index contributed by atoms with van der Waals surface area (Å²) >= 11 is 1.06. The lowest BCUT2D eigenvalue weighted by Crippen LogP contribution is -2.33. The molecule has 2 fully saturated rings. The predicted molar refractivity (Wildman–Crippen MR) is 180 cm³/mol. The molecule has 0 bridgehead atoms. The van der Waals surface area contributed by atoms with E-state index in [-0.39, 0.29) is 52.2 Å². The molecule has 2 aliphatic heterocycles. The summed E-state index contributed by atoms with van der Waals surface area (Å²) in [4.78, 5) is 66.3. The van der Waals surface area contributed by atoms with Gasteiger partial charge in [0.2, 0.25) is 10.9 Å². The Morgan fingerprint density at radius 1 is 0.959 bits per heavy atom. The van der Waals surface area contributed by atoms with E-state index in [1.165, 1.54) is 31.3 Å². The standard InChI is InChI=1S/C35H29N5O8S/c1-47-25-7-14-6-20(36-19(14)10-23(25)41)33(45)40-13-15-12-35(15)18-9-21(37-28(18)24(42)11-26(35)40)32(44)39-5-4-16-17-8-22(34(46)49-3)38-27(17)31(48-2)30(43)29(16)39/h6-11,15,36-38,41,43H,4-5,12-13H2,1-3H3/t15-,35-/m1/s1. The van der Waals surface area contributed by atoms with Crippen LogP contribution in [0.2, 0.25) is 0 Å². The number of phenols is 2. The number of H-pyrrole nitrogens is 3. The molecule has 14 heteroatoms. The number of phenolic OH excluding ortho intramolecular Hbond substituents is 2. The summed E-state index contributed by atoms with van der Waals surface area (Å²) in [7, 11) is 2.86. The number of aromatic amines is 3. The molecule has 2 aromatic carbocycles. The fourth-order valence-electron chi connectivity index (χ4n) is 8.19. The van der Waals surface area contributed by atoms with Crippen LogP contribution in [0, 0.1) is 5.92 Å². The van der Waals surface area contributed by atoms with E-state index >= 15 is 0 Å². The molecule has 2 amide bonds. The summed E-state index contributed by atoms with van der Waals surface area (Å²) in [6, 6.07) is 8.28. The van der Waals surface area contributed by atoms with E-state index in [0.29, 0.717) is 80.1 Å². The lowest BCUT2D eigenvalue weighted by molar-refractivity contribution is 0.0806. The van der Waals surface area contributed by atoms with Crippen LogP contribution in [0.5, 0.6) is 23.0 Å². The minimum absolute atomic E-state index is 0.0514. The molecule has 0 unspecified atom stereocenters. The zero-order valence-corrected chi connectivity index (χ0v) is 27.3. The van der Waals surface area contributed by atoms with Gasteiger partial charge in [-0.3, -0.25) is 19.2 Å². The van der Waals surface area contributed by atoms with Gasteiger partial charge in [-0.15, -0.1) is 0 Å². The normalized spacial score (nSPS) is 20.3. The molecule has 13 nitrogen and oxygen atoms in total. The Hall–Kier alpha value is -5.63. The van der Waals surface area contributed by atoms with Crippen LogP contribution in [0.4, 0.5) is 5.69 Å².